The first-order valence-corrected chi connectivity index (χ1v) is 8.96. The molecule has 2 heterocycles. The molecule has 0 radical (unpaired) electrons. The Bertz CT molecular complexity index is 859. The molecule has 0 saturated heterocycles. The van der Waals surface area contributed by atoms with Gasteiger partial charge in [0.05, 0.1) is 17.6 Å². The lowest BCUT2D eigenvalue weighted by Crippen LogP contribution is -1.92. The molecule has 122 valence electrons. The van der Waals surface area contributed by atoms with Crippen molar-refractivity contribution in [3.05, 3.63) is 47.5 Å². The molecule has 0 spiro atoms. The molecule has 4 rings (SSSR count). The third-order valence-corrected chi connectivity index (χ3v) is 5.18. The normalized spacial score (nSPS) is 14.8. The molecule has 2 aromatic heterocycles. The van der Waals surface area contributed by atoms with E-state index in [0.717, 1.165) is 15.7 Å². The third-order valence-electron chi connectivity index (χ3n) is 4.28. The monoisotopic (exact) mass is 338 g/mol. The molecule has 1 aliphatic rings. The van der Waals surface area contributed by atoms with Crippen LogP contribution in [-0.2, 0) is 0 Å². The topological polar surface area (TPSA) is 63.8 Å². The summed E-state index contributed by atoms with van der Waals surface area (Å²) in [6.45, 7) is 0. The first-order chi connectivity index (χ1) is 11.8. The van der Waals surface area contributed by atoms with Gasteiger partial charge in [-0.3, -0.25) is 0 Å². The van der Waals surface area contributed by atoms with E-state index in [1.807, 2.05) is 22.9 Å². The zero-order chi connectivity index (χ0) is 16.4. The molecular weight excluding hydrogens is 320 g/mol. The van der Waals surface area contributed by atoms with E-state index >= 15 is 0 Å². The van der Waals surface area contributed by atoms with Crippen molar-refractivity contribution < 1.29 is 5.11 Å². The third kappa shape index (κ3) is 3.10. The van der Waals surface area contributed by atoms with E-state index in [-0.39, 0.29) is 5.75 Å². The second-order valence-electron chi connectivity index (χ2n) is 5.98. The molecule has 1 saturated carbocycles. The van der Waals surface area contributed by atoms with E-state index in [1.54, 1.807) is 18.6 Å². The molecule has 1 aromatic carbocycles. The summed E-state index contributed by atoms with van der Waals surface area (Å²) in [5.41, 5.74) is 3.04. The van der Waals surface area contributed by atoms with Crippen LogP contribution in [0.15, 0.2) is 42.5 Å². The molecule has 0 amide bonds. The maximum Gasteiger partial charge on any atom is 0.151 e. The van der Waals surface area contributed by atoms with Gasteiger partial charge in [-0.1, -0.05) is 23.3 Å². The highest BCUT2D eigenvalue weighted by Gasteiger charge is 2.12. The first-order valence-electron chi connectivity index (χ1n) is 8.14. The number of aromatic nitrogens is 4. The Morgan fingerprint density at radius 3 is 2.75 bits per heavy atom. The molecule has 5 nitrogen and oxygen atoms in total. The van der Waals surface area contributed by atoms with E-state index < -0.39 is 0 Å². The summed E-state index contributed by atoms with van der Waals surface area (Å²) < 4.78 is 1.85. The lowest BCUT2D eigenvalue weighted by Gasteiger charge is -2.12. The van der Waals surface area contributed by atoms with Gasteiger partial charge in [0.25, 0.3) is 0 Å². The predicted octanol–water partition coefficient (Wildman–Crippen LogP) is 4.44. The van der Waals surface area contributed by atoms with Crippen LogP contribution in [0.3, 0.4) is 0 Å². The summed E-state index contributed by atoms with van der Waals surface area (Å²) in [6, 6.07) is 5.54. The number of phenolic OH excluding ortho intramolecular Hbond substituents is 1. The summed E-state index contributed by atoms with van der Waals surface area (Å²) >= 11 is 1.52. The van der Waals surface area contributed by atoms with Gasteiger partial charge in [-0.25, -0.2) is 4.98 Å². The van der Waals surface area contributed by atoms with E-state index in [1.165, 1.54) is 49.0 Å². The number of hydrogen-bond acceptors (Lipinski definition) is 5. The number of allylic oxidation sites excluding steroid dienone is 1. The number of phenols is 1. The van der Waals surface area contributed by atoms with Crippen LogP contribution < -0.4 is 0 Å². The van der Waals surface area contributed by atoms with E-state index in [4.69, 9.17) is 0 Å². The van der Waals surface area contributed by atoms with Crippen LogP contribution in [0.1, 0.15) is 37.1 Å². The standard InChI is InChI=1S/C18H18N4OS/c23-16-11-14(22-9-8-19-12-22)6-7-15(16)18-21-20-17(24-18)10-13-4-2-1-3-5-13/h6-12,23H,1-5H2. The molecule has 6 heteroatoms. The van der Waals surface area contributed by atoms with Crippen LogP contribution in [0, 0.1) is 0 Å². The van der Waals surface area contributed by atoms with Gasteiger partial charge in [-0.15, -0.1) is 10.2 Å². The zero-order valence-corrected chi connectivity index (χ0v) is 14.0. The van der Waals surface area contributed by atoms with Crippen LogP contribution in [-0.4, -0.2) is 24.9 Å². The van der Waals surface area contributed by atoms with Gasteiger partial charge >= 0.3 is 0 Å². The molecule has 0 aliphatic heterocycles. The molecule has 0 unspecified atom stereocenters. The molecule has 1 aliphatic carbocycles. The number of benzene rings is 1. The molecule has 1 N–H and O–H groups in total. The molecule has 3 aromatic rings. The minimum atomic E-state index is 0.203. The van der Waals surface area contributed by atoms with Crippen molar-refractivity contribution in [1.82, 2.24) is 19.7 Å². The lowest BCUT2D eigenvalue weighted by atomic mass is 9.95. The highest BCUT2D eigenvalue weighted by molar-refractivity contribution is 7.15. The SMILES string of the molecule is Oc1cc(-n2ccnc2)ccc1-c1nnc(C=C2CCCCC2)s1. The van der Waals surface area contributed by atoms with E-state index in [0.29, 0.717) is 5.56 Å². The number of aromatic hydroxyl groups is 1. The number of nitrogens with zero attached hydrogens (tertiary/aromatic N) is 4. The van der Waals surface area contributed by atoms with Crippen LogP contribution >= 0.6 is 11.3 Å². The van der Waals surface area contributed by atoms with Crippen molar-refractivity contribution in [3.63, 3.8) is 0 Å². The van der Waals surface area contributed by atoms with Crippen molar-refractivity contribution in [1.29, 1.82) is 0 Å². The van der Waals surface area contributed by atoms with Crippen LogP contribution in [0.4, 0.5) is 0 Å². The van der Waals surface area contributed by atoms with Gasteiger partial charge in [-0.2, -0.15) is 0 Å². The van der Waals surface area contributed by atoms with Gasteiger partial charge < -0.3 is 9.67 Å². The van der Waals surface area contributed by atoms with Crippen molar-refractivity contribution in [2.45, 2.75) is 32.1 Å². The van der Waals surface area contributed by atoms with Gasteiger partial charge in [0, 0.05) is 18.5 Å². The molecule has 0 atom stereocenters. The first kappa shape index (κ1) is 15.1. The summed E-state index contributed by atoms with van der Waals surface area (Å²) in [5.74, 6) is 0.203. The Hall–Kier alpha value is -2.47. The Kier molecular flexibility index (Phi) is 4.13. The zero-order valence-electron chi connectivity index (χ0n) is 13.2. The summed E-state index contributed by atoms with van der Waals surface area (Å²) in [5, 5.41) is 20.5. The fourth-order valence-corrected chi connectivity index (χ4v) is 3.87. The Morgan fingerprint density at radius 2 is 2.00 bits per heavy atom. The van der Waals surface area contributed by atoms with Crippen LogP contribution in [0.25, 0.3) is 22.3 Å². The van der Waals surface area contributed by atoms with Gasteiger partial charge in [-0.05, 0) is 43.9 Å². The van der Waals surface area contributed by atoms with Gasteiger partial charge in [0.15, 0.2) is 5.01 Å². The second-order valence-corrected chi connectivity index (χ2v) is 6.99. The molecule has 1 fully saturated rings. The van der Waals surface area contributed by atoms with Gasteiger partial charge in [0.2, 0.25) is 0 Å². The fraction of sp³-hybridized carbons (Fsp3) is 0.278. The number of hydrogen-bond donors (Lipinski definition) is 1. The maximum absolute atomic E-state index is 10.4. The highest BCUT2D eigenvalue weighted by atomic mass is 32.1. The Balaban J connectivity index is 1.60. The fourth-order valence-electron chi connectivity index (χ4n) is 3.00. The Morgan fingerprint density at radius 1 is 1.12 bits per heavy atom. The second kappa shape index (κ2) is 6.57. The Labute approximate surface area is 144 Å². The van der Waals surface area contributed by atoms with E-state index in [2.05, 4.69) is 21.3 Å². The number of rotatable bonds is 3. The average molecular weight is 338 g/mol. The average Bonchev–Trinajstić information content (AvgIpc) is 3.27. The van der Waals surface area contributed by atoms with E-state index in [9.17, 15) is 5.11 Å². The summed E-state index contributed by atoms with van der Waals surface area (Å²) in [4.78, 5) is 4.02. The van der Waals surface area contributed by atoms with Crippen molar-refractivity contribution >= 4 is 17.4 Å². The minimum Gasteiger partial charge on any atom is -0.507 e. The van der Waals surface area contributed by atoms with Crippen molar-refractivity contribution in [3.8, 4) is 22.0 Å². The van der Waals surface area contributed by atoms with Crippen molar-refractivity contribution in [2.24, 2.45) is 0 Å². The lowest BCUT2D eigenvalue weighted by molar-refractivity contribution is 0.477. The smallest absolute Gasteiger partial charge is 0.151 e. The van der Waals surface area contributed by atoms with Crippen LogP contribution in [0.5, 0.6) is 5.75 Å². The molecule has 24 heavy (non-hydrogen) atoms. The van der Waals surface area contributed by atoms with Crippen LogP contribution in [0.2, 0.25) is 0 Å². The highest BCUT2D eigenvalue weighted by Crippen LogP contribution is 2.34. The predicted molar refractivity (Wildman–Crippen MR) is 95.2 cm³/mol. The molecule has 0 bridgehead atoms. The quantitative estimate of drug-likeness (QED) is 0.766. The summed E-state index contributed by atoms with van der Waals surface area (Å²) in [6.07, 6.45) is 13.6. The maximum atomic E-state index is 10.4. The number of imidazole rings is 1. The summed E-state index contributed by atoms with van der Waals surface area (Å²) in [7, 11) is 0. The largest absolute Gasteiger partial charge is 0.507 e. The minimum absolute atomic E-state index is 0.203. The van der Waals surface area contributed by atoms with Gasteiger partial charge in [0.1, 0.15) is 10.8 Å². The molecular formula is C18H18N4OS. The van der Waals surface area contributed by atoms with Crippen molar-refractivity contribution in [2.75, 3.05) is 0 Å².